The highest BCUT2D eigenvalue weighted by Crippen LogP contribution is 2.46. The zero-order valence-corrected chi connectivity index (χ0v) is 17.1. The highest BCUT2D eigenvalue weighted by atomic mass is 28.4. The van der Waals surface area contributed by atoms with Gasteiger partial charge < -0.3 is 15.3 Å². The van der Waals surface area contributed by atoms with Crippen molar-refractivity contribution < 1.29 is 9.53 Å². The van der Waals surface area contributed by atoms with Crippen LogP contribution in [-0.2, 0) is 0 Å². The van der Waals surface area contributed by atoms with Gasteiger partial charge in [-0.1, -0.05) is 57.2 Å². The smallest absolute Gasteiger partial charge is 0.250 e. The van der Waals surface area contributed by atoms with Gasteiger partial charge in [0.05, 0.1) is 5.56 Å². The molecule has 0 atom stereocenters. The summed E-state index contributed by atoms with van der Waals surface area (Å²) in [5.41, 5.74) is 8.48. The second-order valence-electron chi connectivity index (χ2n) is 8.26. The van der Waals surface area contributed by atoms with Gasteiger partial charge in [-0.25, -0.2) is 0 Å². The molecule has 0 spiro atoms. The van der Waals surface area contributed by atoms with Gasteiger partial charge in [0, 0.05) is 11.3 Å². The monoisotopic (exact) mass is 365 g/mol. The van der Waals surface area contributed by atoms with Crippen molar-refractivity contribution in [3.8, 4) is 22.6 Å². The van der Waals surface area contributed by atoms with Crippen LogP contribution in [-0.4, -0.2) is 13.4 Å². The SMILES string of the molecule is CC(C)(C)[Si](C)(C)Oc1cccc(O)c1-c1c(N)ccc2ccccc12. The summed E-state index contributed by atoms with van der Waals surface area (Å²) in [5, 5.41) is 12.9. The number of rotatable bonds is 3. The Morgan fingerprint density at radius 3 is 2.27 bits per heavy atom. The zero-order valence-electron chi connectivity index (χ0n) is 16.1. The van der Waals surface area contributed by atoms with Crippen molar-refractivity contribution in [3.05, 3.63) is 54.6 Å². The molecule has 0 heterocycles. The summed E-state index contributed by atoms with van der Waals surface area (Å²) in [6.45, 7) is 11.0. The lowest BCUT2D eigenvalue weighted by Crippen LogP contribution is -2.44. The van der Waals surface area contributed by atoms with E-state index in [2.05, 4.69) is 33.9 Å². The predicted molar refractivity (Wildman–Crippen MR) is 113 cm³/mol. The molecule has 0 amide bonds. The van der Waals surface area contributed by atoms with Gasteiger partial charge in [0.2, 0.25) is 0 Å². The molecule has 3 rings (SSSR count). The van der Waals surface area contributed by atoms with Gasteiger partial charge in [0.15, 0.2) is 0 Å². The maximum absolute atomic E-state index is 10.7. The number of benzene rings is 3. The number of fused-ring (bicyclic) bond motifs is 1. The summed E-state index contributed by atoms with van der Waals surface area (Å²) in [4.78, 5) is 0. The third kappa shape index (κ3) is 3.17. The Balaban J connectivity index is 2.27. The van der Waals surface area contributed by atoms with Crippen molar-refractivity contribution in [1.82, 2.24) is 0 Å². The van der Waals surface area contributed by atoms with E-state index in [1.165, 1.54) is 0 Å². The van der Waals surface area contributed by atoms with Crippen molar-refractivity contribution >= 4 is 24.8 Å². The van der Waals surface area contributed by atoms with Crippen LogP contribution in [0.1, 0.15) is 20.8 Å². The van der Waals surface area contributed by atoms with Crippen LogP contribution in [0.3, 0.4) is 0 Å². The first-order chi connectivity index (χ1) is 12.1. The Kier molecular flexibility index (Phi) is 4.49. The van der Waals surface area contributed by atoms with Crippen LogP contribution in [0.25, 0.3) is 21.9 Å². The molecule has 3 aromatic rings. The molecule has 4 heteroatoms. The highest BCUT2D eigenvalue weighted by molar-refractivity contribution is 6.74. The Morgan fingerprint density at radius 2 is 1.58 bits per heavy atom. The molecule has 26 heavy (non-hydrogen) atoms. The van der Waals surface area contributed by atoms with Gasteiger partial charge in [0.1, 0.15) is 11.5 Å². The summed E-state index contributed by atoms with van der Waals surface area (Å²) in [5.74, 6) is 0.879. The normalized spacial score (nSPS) is 12.3. The maximum Gasteiger partial charge on any atom is 0.250 e. The minimum Gasteiger partial charge on any atom is -0.543 e. The molecule has 0 aliphatic rings. The number of anilines is 1. The highest BCUT2D eigenvalue weighted by Gasteiger charge is 2.39. The summed E-state index contributed by atoms with van der Waals surface area (Å²) >= 11 is 0. The second-order valence-corrected chi connectivity index (χ2v) is 13.0. The molecule has 0 saturated heterocycles. The number of aromatic hydroxyl groups is 1. The molecule has 3 aromatic carbocycles. The predicted octanol–water partition coefficient (Wildman–Crippen LogP) is 6.18. The Morgan fingerprint density at radius 1 is 0.885 bits per heavy atom. The van der Waals surface area contributed by atoms with Gasteiger partial charge in [-0.15, -0.1) is 0 Å². The number of phenols is 1. The minimum absolute atomic E-state index is 0.0556. The van der Waals surface area contributed by atoms with E-state index in [1.54, 1.807) is 6.07 Å². The van der Waals surface area contributed by atoms with E-state index in [9.17, 15) is 5.11 Å². The molecule has 0 bridgehead atoms. The maximum atomic E-state index is 10.7. The number of hydrogen-bond donors (Lipinski definition) is 2. The molecule has 0 aromatic heterocycles. The molecule has 136 valence electrons. The van der Waals surface area contributed by atoms with E-state index in [0.29, 0.717) is 17.0 Å². The standard InChI is InChI=1S/C22H27NO2Si/c1-22(2,3)26(4,5)25-19-12-8-11-18(24)21(19)20-16-10-7-6-9-15(16)13-14-17(20)23/h6-14,24H,23H2,1-5H3. The molecule has 0 radical (unpaired) electrons. The average Bonchev–Trinajstić information content (AvgIpc) is 2.55. The summed E-state index contributed by atoms with van der Waals surface area (Å²) in [6, 6.07) is 17.4. The topological polar surface area (TPSA) is 55.5 Å². The van der Waals surface area contributed by atoms with E-state index < -0.39 is 8.32 Å². The first-order valence-electron chi connectivity index (χ1n) is 8.90. The summed E-state index contributed by atoms with van der Waals surface area (Å²) in [6.07, 6.45) is 0. The summed E-state index contributed by atoms with van der Waals surface area (Å²) < 4.78 is 6.56. The molecule has 3 N–H and O–H groups in total. The second kappa shape index (κ2) is 6.36. The lowest BCUT2D eigenvalue weighted by molar-refractivity contribution is 0.464. The molecule has 0 unspecified atom stereocenters. The fraction of sp³-hybridized carbons (Fsp3) is 0.273. The lowest BCUT2D eigenvalue weighted by Gasteiger charge is -2.37. The van der Waals surface area contributed by atoms with Gasteiger partial charge in [-0.05, 0) is 47.1 Å². The Labute approximate surface area is 156 Å². The molecule has 0 fully saturated rings. The van der Waals surface area contributed by atoms with Crippen molar-refractivity contribution in [2.24, 2.45) is 0 Å². The van der Waals surface area contributed by atoms with Crippen LogP contribution in [0.5, 0.6) is 11.5 Å². The number of hydrogen-bond acceptors (Lipinski definition) is 3. The van der Waals surface area contributed by atoms with Crippen LogP contribution in [0.15, 0.2) is 54.6 Å². The van der Waals surface area contributed by atoms with E-state index in [0.717, 1.165) is 16.3 Å². The van der Waals surface area contributed by atoms with Gasteiger partial charge in [-0.3, -0.25) is 0 Å². The van der Waals surface area contributed by atoms with Crippen LogP contribution in [0.2, 0.25) is 18.1 Å². The quantitative estimate of drug-likeness (QED) is 0.430. The van der Waals surface area contributed by atoms with E-state index in [1.807, 2.05) is 48.5 Å². The molecule has 3 nitrogen and oxygen atoms in total. The average molecular weight is 366 g/mol. The fourth-order valence-corrected chi connectivity index (χ4v) is 3.88. The van der Waals surface area contributed by atoms with Gasteiger partial charge in [0.25, 0.3) is 8.32 Å². The molecular weight excluding hydrogens is 338 g/mol. The first-order valence-corrected chi connectivity index (χ1v) is 11.8. The van der Waals surface area contributed by atoms with E-state index >= 15 is 0 Å². The molecule has 0 aliphatic carbocycles. The molecule has 0 aliphatic heterocycles. The summed E-state index contributed by atoms with van der Waals surface area (Å²) in [7, 11) is -2.07. The largest absolute Gasteiger partial charge is 0.543 e. The number of nitrogens with two attached hydrogens (primary N) is 1. The minimum atomic E-state index is -2.07. The van der Waals surface area contributed by atoms with Crippen LogP contribution in [0, 0.1) is 0 Å². The Hall–Kier alpha value is -2.46. The fourth-order valence-electron chi connectivity index (χ4n) is 2.85. The molecular formula is C22H27NO2Si. The number of phenolic OH excluding ortho intramolecular Hbond substituents is 1. The van der Waals surface area contributed by atoms with Crippen molar-refractivity contribution in [1.29, 1.82) is 0 Å². The van der Waals surface area contributed by atoms with Gasteiger partial charge in [-0.2, -0.15) is 0 Å². The third-order valence-electron chi connectivity index (χ3n) is 5.39. The van der Waals surface area contributed by atoms with Crippen molar-refractivity contribution in [3.63, 3.8) is 0 Å². The van der Waals surface area contributed by atoms with Crippen molar-refractivity contribution in [2.45, 2.75) is 38.9 Å². The zero-order chi connectivity index (χ0) is 19.1. The van der Waals surface area contributed by atoms with Crippen LogP contribution in [0.4, 0.5) is 5.69 Å². The Bertz CT molecular complexity index is 958. The lowest BCUT2D eigenvalue weighted by atomic mass is 9.95. The van der Waals surface area contributed by atoms with E-state index in [4.69, 9.17) is 10.2 Å². The van der Waals surface area contributed by atoms with Crippen molar-refractivity contribution in [2.75, 3.05) is 5.73 Å². The van der Waals surface area contributed by atoms with Crippen LogP contribution >= 0.6 is 0 Å². The first kappa shape index (κ1) is 18.3. The van der Waals surface area contributed by atoms with Crippen LogP contribution < -0.4 is 10.2 Å². The number of nitrogen functional groups attached to an aromatic ring is 1. The molecule has 0 saturated carbocycles. The van der Waals surface area contributed by atoms with Gasteiger partial charge >= 0.3 is 0 Å². The van der Waals surface area contributed by atoms with E-state index in [-0.39, 0.29) is 10.8 Å². The third-order valence-corrected chi connectivity index (χ3v) is 9.73.